The molecular formula is C17H12IN3O2. The predicted octanol–water partition coefficient (Wildman–Crippen LogP) is 3.29. The minimum atomic E-state index is -0.253. The molecule has 0 bridgehead atoms. The fourth-order valence-corrected chi connectivity index (χ4v) is 2.74. The summed E-state index contributed by atoms with van der Waals surface area (Å²) in [5.41, 5.74) is 2.48. The average molecular weight is 417 g/mol. The van der Waals surface area contributed by atoms with Gasteiger partial charge in [0.1, 0.15) is 0 Å². The van der Waals surface area contributed by atoms with Gasteiger partial charge in [0.05, 0.1) is 11.3 Å². The summed E-state index contributed by atoms with van der Waals surface area (Å²) in [5.74, 6) is -0.165. The van der Waals surface area contributed by atoms with Gasteiger partial charge in [-0.05, 0) is 52.9 Å². The smallest absolute Gasteiger partial charge is 0.264 e. The Kier molecular flexibility index (Phi) is 4.52. The van der Waals surface area contributed by atoms with Crippen LogP contribution in [-0.2, 0) is 0 Å². The highest BCUT2D eigenvalue weighted by molar-refractivity contribution is 14.1. The van der Waals surface area contributed by atoms with Crippen LogP contribution >= 0.6 is 22.6 Å². The molecule has 2 aromatic carbocycles. The number of rotatable bonds is 3. The predicted molar refractivity (Wildman–Crippen MR) is 97.4 cm³/mol. The first-order valence-electron chi connectivity index (χ1n) is 6.85. The van der Waals surface area contributed by atoms with Crippen LogP contribution in [-0.4, -0.2) is 16.1 Å². The molecule has 0 aliphatic rings. The lowest BCUT2D eigenvalue weighted by molar-refractivity contribution is 0.102. The van der Waals surface area contributed by atoms with Crippen LogP contribution in [0.2, 0.25) is 0 Å². The van der Waals surface area contributed by atoms with E-state index in [1.807, 2.05) is 42.5 Å². The van der Waals surface area contributed by atoms with Crippen molar-refractivity contribution in [3.8, 4) is 11.3 Å². The molecule has 23 heavy (non-hydrogen) atoms. The molecule has 2 N–H and O–H groups in total. The topological polar surface area (TPSA) is 74.8 Å². The van der Waals surface area contributed by atoms with Crippen molar-refractivity contribution in [2.75, 3.05) is 5.32 Å². The van der Waals surface area contributed by atoms with Gasteiger partial charge >= 0.3 is 0 Å². The molecule has 0 atom stereocenters. The summed E-state index contributed by atoms with van der Waals surface area (Å²) in [4.78, 5) is 23.4. The third-order valence-corrected chi connectivity index (χ3v) is 4.15. The van der Waals surface area contributed by atoms with E-state index < -0.39 is 0 Å². The van der Waals surface area contributed by atoms with Gasteiger partial charge in [-0.25, -0.2) is 5.10 Å². The zero-order chi connectivity index (χ0) is 16.2. The molecule has 6 heteroatoms. The monoisotopic (exact) mass is 417 g/mol. The third kappa shape index (κ3) is 3.65. The average Bonchev–Trinajstić information content (AvgIpc) is 2.56. The van der Waals surface area contributed by atoms with Crippen molar-refractivity contribution in [3.63, 3.8) is 0 Å². The van der Waals surface area contributed by atoms with Gasteiger partial charge in [0.15, 0.2) is 0 Å². The van der Waals surface area contributed by atoms with E-state index in [-0.39, 0.29) is 11.5 Å². The number of nitrogens with zero attached hydrogens (tertiary/aromatic N) is 1. The fraction of sp³-hybridized carbons (Fsp3) is 0. The van der Waals surface area contributed by atoms with Gasteiger partial charge in [0.2, 0.25) is 0 Å². The first kappa shape index (κ1) is 15.4. The lowest BCUT2D eigenvalue weighted by Crippen LogP contribution is -2.13. The minimum Gasteiger partial charge on any atom is -0.322 e. The number of hydrogen-bond acceptors (Lipinski definition) is 3. The van der Waals surface area contributed by atoms with Gasteiger partial charge in [0.25, 0.3) is 11.5 Å². The number of nitrogens with one attached hydrogen (secondary N) is 2. The molecule has 0 spiro atoms. The number of carbonyl (C=O) groups excluding carboxylic acids is 1. The van der Waals surface area contributed by atoms with Crippen LogP contribution in [0, 0.1) is 3.57 Å². The van der Waals surface area contributed by atoms with Crippen LogP contribution in [0.4, 0.5) is 5.69 Å². The number of benzene rings is 2. The molecule has 0 saturated carbocycles. The van der Waals surface area contributed by atoms with E-state index >= 15 is 0 Å². The van der Waals surface area contributed by atoms with Crippen molar-refractivity contribution < 1.29 is 4.79 Å². The minimum absolute atomic E-state index is 0.165. The molecule has 5 nitrogen and oxygen atoms in total. The molecule has 1 aromatic heterocycles. The molecule has 3 rings (SSSR count). The van der Waals surface area contributed by atoms with Crippen LogP contribution in [0.15, 0.2) is 65.5 Å². The second-order valence-corrected chi connectivity index (χ2v) is 5.98. The van der Waals surface area contributed by atoms with Crippen LogP contribution < -0.4 is 10.9 Å². The Bertz CT molecular complexity index is 901. The van der Waals surface area contributed by atoms with Crippen LogP contribution in [0.5, 0.6) is 0 Å². The third-order valence-electron chi connectivity index (χ3n) is 3.21. The van der Waals surface area contributed by atoms with Gasteiger partial charge in [0, 0.05) is 20.9 Å². The Morgan fingerprint density at radius 1 is 1.04 bits per heavy atom. The second-order valence-electron chi connectivity index (χ2n) is 4.82. The molecule has 3 aromatic rings. The number of anilines is 1. The van der Waals surface area contributed by atoms with Gasteiger partial charge < -0.3 is 5.32 Å². The first-order valence-corrected chi connectivity index (χ1v) is 7.93. The SMILES string of the molecule is O=C(Nc1cccc(-c2ccc(=O)[nH]n2)c1)c1ccccc1I. The summed E-state index contributed by atoms with van der Waals surface area (Å²) in [7, 11) is 0. The van der Waals surface area contributed by atoms with E-state index in [9.17, 15) is 9.59 Å². The Morgan fingerprint density at radius 3 is 2.61 bits per heavy atom. The quantitative estimate of drug-likeness (QED) is 0.643. The Hall–Kier alpha value is -2.48. The summed E-state index contributed by atoms with van der Waals surface area (Å²) >= 11 is 2.13. The van der Waals surface area contributed by atoms with Gasteiger partial charge in [-0.1, -0.05) is 24.3 Å². The van der Waals surface area contributed by atoms with Crippen molar-refractivity contribution >= 4 is 34.2 Å². The van der Waals surface area contributed by atoms with Crippen molar-refractivity contribution in [1.82, 2.24) is 10.2 Å². The van der Waals surface area contributed by atoms with E-state index in [1.165, 1.54) is 6.07 Å². The number of hydrogen-bond donors (Lipinski definition) is 2. The number of aromatic amines is 1. The second kappa shape index (κ2) is 6.74. The molecule has 0 fully saturated rings. The zero-order valence-corrected chi connectivity index (χ0v) is 14.1. The fourth-order valence-electron chi connectivity index (χ4n) is 2.11. The maximum absolute atomic E-state index is 12.3. The standard InChI is InChI=1S/C17H12IN3O2/c18-14-7-2-1-6-13(14)17(23)19-12-5-3-4-11(10-12)15-8-9-16(22)21-20-15/h1-10H,(H,19,23)(H,21,22). The summed E-state index contributed by atoms with van der Waals surface area (Å²) < 4.78 is 0.890. The highest BCUT2D eigenvalue weighted by atomic mass is 127. The van der Waals surface area contributed by atoms with Crippen LogP contribution in [0.3, 0.4) is 0 Å². The molecule has 1 amide bonds. The summed E-state index contributed by atoms with van der Waals surface area (Å²) in [6.45, 7) is 0. The molecule has 0 unspecified atom stereocenters. The normalized spacial score (nSPS) is 10.3. The maximum atomic E-state index is 12.3. The molecule has 0 aliphatic heterocycles. The van der Waals surface area contributed by atoms with E-state index in [0.717, 1.165) is 9.13 Å². The van der Waals surface area contributed by atoms with E-state index in [2.05, 4.69) is 38.1 Å². The van der Waals surface area contributed by atoms with Crippen LogP contribution in [0.25, 0.3) is 11.3 Å². The van der Waals surface area contributed by atoms with Gasteiger partial charge in [-0.2, -0.15) is 5.10 Å². The Balaban J connectivity index is 1.86. The lowest BCUT2D eigenvalue weighted by Gasteiger charge is -2.08. The van der Waals surface area contributed by atoms with Gasteiger partial charge in [-0.15, -0.1) is 0 Å². The van der Waals surface area contributed by atoms with Crippen molar-refractivity contribution in [2.24, 2.45) is 0 Å². The molecule has 0 aliphatic carbocycles. The molecule has 0 saturated heterocycles. The van der Waals surface area contributed by atoms with Gasteiger partial charge in [-0.3, -0.25) is 9.59 Å². The number of halogens is 1. The largest absolute Gasteiger partial charge is 0.322 e. The van der Waals surface area contributed by atoms with E-state index in [4.69, 9.17) is 0 Å². The molecule has 1 heterocycles. The highest BCUT2D eigenvalue weighted by Crippen LogP contribution is 2.21. The number of carbonyl (C=O) groups is 1. The van der Waals surface area contributed by atoms with E-state index in [0.29, 0.717) is 16.9 Å². The van der Waals surface area contributed by atoms with Crippen LogP contribution in [0.1, 0.15) is 10.4 Å². The van der Waals surface area contributed by atoms with Crippen molar-refractivity contribution in [2.45, 2.75) is 0 Å². The lowest BCUT2D eigenvalue weighted by atomic mass is 10.1. The molecule has 114 valence electrons. The Labute approximate surface area is 145 Å². The Morgan fingerprint density at radius 2 is 1.87 bits per heavy atom. The number of H-pyrrole nitrogens is 1. The molecule has 0 radical (unpaired) electrons. The zero-order valence-electron chi connectivity index (χ0n) is 11.9. The number of amides is 1. The highest BCUT2D eigenvalue weighted by Gasteiger charge is 2.10. The van der Waals surface area contributed by atoms with Crippen molar-refractivity contribution in [1.29, 1.82) is 0 Å². The summed E-state index contributed by atoms with van der Waals surface area (Å²) in [6.07, 6.45) is 0. The van der Waals surface area contributed by atoms with Crippen molar-refractivity contribution in [3.05, 3.63) is 80.2 Å². The molecular weight excluding hydrogens is 405 g/mol. The maximum Gasteiger partial charge on any atom is 0.264 e. The number of aromatic nitrogens is 2. The summed E-state index contributed by atoms with van der Waals surface area (Å²) in [5, 5.41) is 9.26. The van der Waals surface area contributed by atoms with E-state index in [1.54, 1.807) is 12.1 Å². The first-order chi connectivity index (χ1) is 11.1. The summed E-state index contributed by atoms with van der Waals surface area (Å²) in [6, 6.07) is 17.8.